The highest BCUT2D eigenvalue weighted by Crippen LogP contribution is 2.50. The van der Waals surface area contributed by atoms with Crippen molar-refractivity contribution in [3.8, 4) is 0 Å². The molecule has 0 radical (unpaired) electrons. The summed E-state index contributed by atoms with van der Waals surface area (Å²) in [6.07, 6.45) is 3.72. The smallest absolute Gasteiger partial charge is 0.376 e. The molecule has 0 bridgehead atoms. The summed E-state index contributed by atoms with van der Waals surface area (Å²) in [6, 6.07) is 9.98. The van der Waals surface area contributed by atoms with Gasteiger partial charge in [0, 0.05) is 21.3 Å². The molecule has 1 atom stereocenters. The van der Waals surface area contributed by atoms with Crippen LogP contribution in [0.25, 0.3) is 0 Å². The fourth-order valence-corrected chi connectivity index (χ4v) is 6.25. The Morgan fingerprint density at radius 1 is 1.09 bits per heavy atom. The Labute approximate surface area is 141 Å². The molecule has 0 aliphatic carbocycles. The molecule has 5 nitrogen and oxygen atoms in total. The van der Waals surface area contributed by atoms with E-state index in [9.17, 15) is 0 Å². The van der Waals surface area contributed by atoms with Crippen LogP contribution in [0.1, 0.15) is 25.3 Å². The highest BCUT2D eigenvalue weighted by molar-refractivity contribution is 6.65. The third kappa shape index (κ3) is 3.57. The average Bonchev–Trinajstić information content (AvgIpc) is 2.56. The predicted molar refractivity (Wildman–Crippen MR) is 95.8 cm³/mol. The molecule has 0 amide bonds. The SMILES string of the molecule is C=CC(Cc1ccccc1)(C(N)(N)CCC)[Si](OC)(OC)OC. The zero-order valence-electron chi connectivity index (χ0n) is 14.7. The lowest BCUT2D eigenvalue weighted by Gasteiger charge is -2.50. The second-order valence-electron chi connectivity index (χ2n) is 5.80. The third-order valence-electron chi connectivity index (χ3n) is 4.52. The van der Waals surface area contributed by atoms with Crippen molar-refractivity contribution in [1.82, 2.24) is 0 Å². The summed E-state index contributed by atoms with van der Waals surface area (Å²) in [5.41, 5.74) is 13.2. The van der Waals surface area contributed by atoms with Crippen molar-refractivity contribution in [3.63, 3.8) is 0 Å². The summed E-state index contributed by atoms with van der Waals surface area (Å²) in [4.78, 5) is 0. The molecule has 0 aromatic heterocycles. The Hall–Kier alpha value is -1.02. The van der Waals surface area contributed by atoms with Crippen LogP contribution in [0.3, 0.4) is 0 Å². The molecule has 23 heavy (non-hydrogen) atoms. The van der Waals surface area contributed by atoms with Gasteiger partial charge in [0.15, 0.2) is 0 Å². The van der Waals surface area contributed by atoms with E-state index in [0.29, 0.717) is 12.8 Å². The summed E-state index contributed by atoms with van der Waals surface area (Å²) in [5, 5.41) is -0.852. The monoisotopic (exact) mass is 338 g/mol. The molecule has 0 saturated carbocycles. The first-order valence-corrected chi connectivity index (χ1v) is 9.51. The molecule has 6 heteroatoms. The lowest BCUT2D eigenvalue weighted by atomic mass is 9.83. The first kappa shape index (κ1) is 20.0. The minimum Gasteiger partial charge on any atom is -0.376 e. The average molecular weight is 339 g/mol. The van der Waals surface area contributed by atoms with Gasteiger partial charge in [0.2, 0.25) is 0 Å². The van der Waals surface area contributed by atoms with Gasteiger partial charge in [0.05, 0.1) is 10.7 Å². The van der Waals surface area contributed by atoms with Gasteiger partial charge in [-0.3, -0.25) is 0 Å². The summed E-state index contributed by atoms with van der Waals surface area (Å²) >= 11 is 0. The van der Waals surface area contributed by atoms with Crippen molar-refractivity contribution < 1.29 is 13.3 Å². The standard InChI is InChI=1S/C17H30N2O3Si/c1-6-13-17(18,19)16(7-2,23(20-3,21-4)22-5)14-15-11-9-8-10-12-15/h7-12H,2,6,13-14,18-19H2,1,3-5H3. The maximum atomic E-state index is 6.58. The van der Waals surface area contributed by atoms with Gasteiger partial charge in [-0.15, -0.1) is 6.58 Å². The van der Waals surface area contributed by atoms with E-state index in [1.165, 1.54) is 0 Å². The zero-order chi connectivity index (χ0) is 17.6. The van der Waals surface area contributed by atoms with Crippen molar-refractivity contribution in [1.29, 1.82) is 0 Å². The van der Waals surface area contributed by atoms with Crippen LogP contribution in [-0.4, -0.2) is 35.8 Å². The van der Waals surface area contributed by atoms with E-state index in [-0.39, 0.29) is 0 Å². The molecule has 1 rings (SSSR count). The van der Waals surface area contributed by atoms with Crippen LogP contribution in [0.15, 0.2) is 43.0 Å². The van der Waals surface area contributed by atoms with Crippen LogP contribution in [0.4, 0.5) is 0 Å². The maximum absolute atomic E-state index is 6.58. The minimum atomic E-state index is -3.22. The Kier molecular flexibility index (Phi) is 7.13. The van der Waals surface area contributed by atoms with E-state index in [1.54, 1.807) is 27.4 Å². The molecule has 0 fully saturated rings. The minimum absolute atomic E-state index is 0.534. The molecule has 130 valence electrons. The Balaban J connectivity index is 3.52. The second kappa shape index (κ2) is 8.19. The molecule has 4 N–H and O–H groups in total. The van der Waals surface area contributed by atoms with Crippen molar-refractivity contribution in [2.75, 3.05) is 21.3 Å². The van der Waals surface area contributed by atoms with E-state index in [4.69, 9.17) is 24.7 Å². The molecule has 0 aliphatic heterocycles. The fourth-order valence-electron chi connectivity index (χ4n) is 3.30. The first-order chi connectivity index (χ1) is 10.9. The van der Waals surface area contributed by atoms with Gasteiger partial charge in [0.1, 0.15) is 0 Å². The maximum Gasteiger partial charge on any atom is 0.514 e. The number of benzene rings is 1. The van der Waals surface area contributed by atoms with E-state index in [0.717, 1.165) is 12.0 Å². The summed E-state index contributed by atoms with van der Waals surface area (Å²) in [5.74, 6) is 0. The van der Waals surface area contributed by atoms with Gasteiger partial charge in [-0.25, -0.2) is 0 Å². The molecule has 0 spiro atoms. The van der Waals surface area contributed by atoms with Gasteiger partial charge in [-0.1, -0.05) is 49.8 Å². The Morgan fingerprint density at radius 3 is 2.00 bits per heavy atom. The molecule has 1 aromatic rings. The van der Waals surface area contributed by atoms with Crippen LogP contribution in [-0.2, 0) is 19.7 Å². The highest BCUT2D eigenvalue weighted by Gasteiger charge is 2.65. The van der Waals surface area contributed by atoms with Crippen molar-refractivity contribution in [3.05, 3.63) is 48.6 Å². The highest BCUT2D eigenvalue weighted by atomic mass is 28.4. The van der Waals surface area contributed by atoms with Crippen LogP contribution in [0, 0.1) is 0 Å². The number of hydrogen-bond acceptors (Lipinski definition) is 5. The summed E-state index contributed by atoms with van der Waals surface area (Å²) in [7, 11) is 1.50. The number of rotatable bonds is 10. The molecular formula is C17H30N2O3Si. The largest absolute Gasteiger partial charge is 0.514 e. The number of hydrogen-bond donors (Lipinski definition) is 2. The quantitative estimate of drug-likeness (QED) is 0.389. The Morgan fingerprint density at radius 2 is 1.61 bits per heavy atom. The van der Waals surface area contributed by atoms with Crippen LogP contribution < -0.4 is 11.5 Å². The van der Waals surface area contributed by atoms with Gasteiger partial charge in [-0.05, 0) is 18.4 Å². The van der Waals surface area contributed by atoms with Gasteiger partial charge < -0.3 is 24.7 Å². The molecule has 0 heterocycles. The van der Waals surface area contributed by atoms with E-state index < -0.39 is 19.5 Å². The molecule has 1 aromatic carbocycles. The Bertz CT molecular complexity index is 484. The van der Waals surface area contributed by atoms with Gasteiger partial charge in [-0.2, -0.15) is 0 Å². The van der Waals surface area contributed by atoms with E-state index in [1.807, 2.05) is 37.3 Å². The lowest BCUT2D eigenvalue weighted by Crippen LogP contribution is -2.71. The zero-order valence-corrected chi connectivity index (χ0v) is 15.7. The molecular weight excluding hydrogens is 308 g/mol. The van der Waals surface area contributed by atoms with Gasteiger partial charge >= 0.3 is 8.80 Å². The van der Waals surface area contributed by atoms with Crippen molar-refractivity contribution in [2.45, 2.75) is 36.9 Å². The third-order valence-corrected chi connectivity index (χ3v) is 8.07. The molecule has 1 unspecified atom stereocenters. The topological polar surface area (TPSA) is 79.7 Å². The first-order valence-electron chi connectivity index (χ1n) is 7.79. The number of nitrogens with two attached hydrogens (primary N) is 2. The summed E-state index contributed by atoms with van der Waals surface area (Å²) in [6.45, 7) is 6.06. The van der Waals surface area contributed by atoms with E-state index in [2.05, 4.69) is 6.58 Å². The van der Waals surface area contributed by atoms with Crippen LogP contribution in [0.5, 0.6) is 0 Å². The normalized spacial score (nSPS) is 15.2. The fraction of sp³-hybridized carbons (Fsp3) is 0.529. The predicted octanol–water partition coefficient (Wildman–Crippen LogP) is 2.45. The lowest BCUT2D eigenvalue weighted by molar-refractivity contribution is 0.0749. The molecule has 0 saturated heterocycles. The van der Waals surface area contributed by atoms with Crippen molar-refractivity contribution >= 4 is 8.80 Å². The van der Waals surface area contributed by atoms with Gasteiger partial charge in [0.25, 0.3) is 0 Å². The van der Waals surface area contributed by atoms with E-state index >= 15 is 0 Å². The van der Waals surface area contributed by atoms with Crippen LogP contribution in [0.2, 0.25) is 5.04 Å². The second-order valence-corrected chi connectivity index (χ2v) is 9.03. The van der Waals surface area contributed by atoms with Crippen molar-refractivity contribution in [2.24, 2.45) is 11.5 Å². The molecule has 0 aliphatic rings. The van der Waals surface area contributed by atoms with Crippen LogP contribution >= 0.6 is 0 Å². The summed E-state index contributed by atoms with van der Waals surface area (Å²) < 4.78 is 17.3.